The van der Waals surface area contributed by atoms with Gasteiger partial charge >= 0.3 is 5.97 Å². The summed E-state index contributed by atoms with van der Waals surface area (Å²) < 4.78 is 7.50. The first-order chi connectivity index (χ1) is 13.1. The molecular weight excluding hydrogens is 346 g/mol. The Hall–Kier alpha value is -3.45. The highest BCUT2D eigenvalue weighted by Crippen LogP contribution is 2.27. The van der Waals surface area contributed by atoms with E-state index in [0.29, 0.717) is 16.8 Å². The second kappa shape index (κ2) is 7.05. The molecule has 0 spiro atoms. The van der Waals surface area contributed by atoms with Crippen LogP contribution in [0.4, 0.5) is 0 Å². The molecule has 0 aliphatic heterocycles. The van der Waals surface area contributed by atoms with Gasteiger partial charge in [0.05, 0.1) is 23.8 Å². The van der Waals surface area contributed by atoms with Crippen molar-refractivity contribution >= 4 is 27.9 Å². The van der Waals surface area contributed by atoms with Crippen LogP contribution in [0.2, 0.25) is 0 Å². The molecule has 0 fully saturated rings. The molecular formula is C20H17N3O4. The van der Waals surface area contributed by atoms with Crippen molar-refractivity contribution in [2.75, 3.05) is 6.61 Å². The molecule has 2 aromatic carbocycles. The fourth-order valence-corrected chi connectivity index (χ4v) is 3.08. The molecule has 4 rings (SSSR count). The van der Waals surface area contributed by atoms with Gasteiger partial charge in [-0.05, 0) is 18.2 Å². The van der Waals surface area contributed by atoms with E-state index in [9.17, 15) is 9.90 Å². The molecule has 0 radical (unpaired) electrons. The summed E-state index contributed by atoms with van der Waals surface area (Å²) in [6.07, 6.45) is 0.722. The van der Waals surface area contributed by atoms with Crippen LogP contribution in [0.15, 0.2) is 60.8 Å². The fraction of sp³-hybridized carbons (Fsp3) is 0.150. The number of ether oxygens (including phenoxy) is 1. The molecule has 2 aromatic heterocycles. The predicted octanol–water partition coefficient (Wildman–Crippen LogP) is 2.72. The Labute approximate surface area is 154 Å². The minimum absolute atomic E-state index is 0.131. The first-order valence-electron chi connectivity index (χ1n) is 8.46. The van der Waals surface area contributed by atoms with E-state index in [1.165, 1.54) is 6.20 Å². The summed E-state index contributed by atoms with van der Waals surface area (Å²) in [7, 11) is 0. The van der Waals surface area contributed by atoms with Crippen molar-refractivity contribution in [1.82, 2.24) is 14.5 Å². The Balaban J connectivity index is 1.66. The maximum atomic E-state index is 11.2. The Morgan fingerprint density at radius 3 is 2.59 bits per heavy atom. The highest BCUT2D eigenvalue weighted by Gasteiger charge is 2.17. The molecule has 1 unspecified atom stereocenters. The lowest BCUT2D eigenvalue weighted by atomic mass is 10.2. The molecule has 0 bridgehead atoms. The van der Waals surface area contributed by atoms with E-state index in [1.54, 1.807) is 0 Å². The number of hydrogen-bond donors (Lipinski definition) is 2. The molecule has 27 heavy (non-hydrogen) atoms. The number of carbonyl (C=O) groups is 1. The number of carboxylic acid groups (broad SMARTS) is 1. The second-order valence-corrected chi connectivity index (χ2v) is 6.14. The molecule has 2 heterocycles. The maximum absolute atomic E-state index is 11.2. The van der Waals surface area contributed by atoms with Gasteiger partial charge in [-0.2, -0.15) is 0 Å². The standard InChI is InChI=1S/C20H17N3O4/c24-13(12-27-14-6-2-1-3-7-14)11-23-16-9-5-4-8-15(16)18-17(23)10-21-19(22-18)20(25)26/h1-10,13,24H,11-12H2,(H,25,26). The molecule has 7 heteroatoms. The van der Waals surface area contributed by atoms with E-state index in [4.69, 9.17) is 9.84 Å². The number of aromatic nitrogens is 3. The zero-order chi connectivity index (χ0) is 18.8. The van der Waals surface area contributed by atoms with Crippen molar-refractivity contribution in [3.8, 4) is 5.75 Å². The number of fused-ring (bicyclic) bond motifs is 3. The Kier molecular flexibility index (Phi) is 4.43. The van der Waals surface area contributed by atoms with Gasteiger partial charge < -0.3 is 19.5 Å². The van der Waals surface area contributed by atoms with Gasteiger partial charge in [0.25, 0.3) is 0 Å². The minimum atomic E-state index is -1.18. The van der Waals surface area contributed by atoms with Crippen molar-refractivity contribution in [1.29, 1.82) is 0 Å². The molecule has 4 aromatic rings. The molecule has 2 N–H and O–H groups in total. The van der Waals surface area contributed by atoms with Crippen LogP contribution in [0.1, 0.15) is 10.6 Å². The zero-order valence-electron chi connectivity index (χ0n) is 14.3. The summed E-state index contributed by atoms with van der Waals surface area (Å²) in [5.41, 5.74) is 2.07. The summed E-state index contributed by atoms with van der Waals surface area (Å²) in [5.74, 6) is -0.739. The molecule has 7 nitrogen and oxygen atoms in total. The third-order valence-corrected chi connectivity index (χ3v) is 4.28. The Morgan fingerprint density at radius 1 is 1.07 bits per heavy atom. The lowest BCUT2D eigenvalue weighted by molar-refractivity contribution is 0.0684. The SMILES string of the molecule is O=C(O)c1ncc2c(n1)c1ccccc1n2CC(O)COc1ccccc1. The molecule has 0 saturated heterocycles. The molecule has 136 valence electrons. The average Bonchev–Trinajstić information content (AvgIpc) is 3.00. The average molecular weight is 363 g/mol. The molecule has 1 atom stereocenters. The zero-order valence-corrected chi connectivity index (χ0v) is 14.3. The number of hydrogen-bond acceptors (Lipinski definition) is 5. The van der Waals surface area contributed by atoms with Gasteiger partial charge in [0.2, 0.25) is 5.82 Å². The van der Waals surface area contributed by atoms with Crippen LogP contribution in [0.25, 0.3) is 21.9 Å². The number of aliphatic hydroxyl groups is 1. The third kappa shape index (κ3) is 3.32. The summed E-state index contributed by atoms with van der Waals surface area (Å²) in [6, 6.07) is 16.8. The van der Waals surface area contributed by atoms with Crippen LogP contribution in [-0.2, 0) is 6.54 Å². The van der Waals surface area contributed by atoms with E-state index in [0.717, 1.165) is 10.9 Å². The van der Waals surface area contributed by atoms with E-state index in [-0.39, 0.29) is 19.0 Å². The number of aromatic carboxylic acids is 1. The van der Waals surface area contributed by atoms with Gasteiger partial charge in [0.1, 0.15) is 24.0 Å². The topological polar surface area (TPSA) is 97.5 Å². The molecule has 0 amide bonds. The first-order valence-corrected chi connectivity index (χ1v) is 8.46. The minimum Gasteiger partial charge on any atom is -0.491 e. The lowest BCUT2D eigenvalue weighted by Gasteiger charge is -2.15. The summed E-state index contributed by atoms with van der Waals surface area (Å²) >= 11 is 0. The van der Waals surface area contributed by atoms with E-state index in [2.05, 4.69) is 9.97 Å². The Morgan fingerprint density at radius 2 is 1.81 bits per heavy atom. The largest absolute Gasteiger partial charge is 0.491 e. The van der Waals surface area contributed by atoms with Crippen molar-refractivity contribution in [2.24, 2.45) is 0 Å². The maximum Gasteiger partial charge on any atom is 0.373 e. The lowest BCUT2D eigenvalue weighted by Crippen LogP contribution is -2.23. The number of nitrogens with zero attached hydrogens (tertiary/aromatic N) is 3. The van der Waals surface area contributed by atoms with Crippen LogP contribution in [0, 0.1) is 0 Å². The van der Waals surface area contributed by atoms with Gasteiger partial charge in [-0.25, -0.2) is 14.8 Å². The quantitative estimate of drug-likeness (QED) is 0.547. The van der Waals surface area contributed by atoms with Crippen molar-refractivity contribution in [2.45, 2.75) is 12.6 Å². The summed E-state index contributed by atoms with van der Waals surface area (Å²) in [4.78, 5) is 19.3. The molecule has 0 saturated carbocycles. The van der Waals surface area contributed by atoms with Crippen LogP contribution < -0.4 is 4.74 Å². The van der Waals surface area contributed by atoms with Gasteiger partial charge in [0, 0.05) is 5.39 Å². The van der Waals surface area contributed by atoms with Gasteiger partial charge in [0.15, 0.2) is 0 Å². The van der Waals surface area contributed by atoms with Crippen molar-refractivity contribution < 1.29 is 19.7 Å². The molecule has 0 aliphatic rings. The number of aliphatic hydroxyl groups excluding tert-OH is 1. The first kappa shape index (κ1) is 17.0. The van der Waals surface area contributed by atoms with Crippen LogP contribution in [-0.4, -0.2) is 43.4 Å². The van der Waals surface area contributed by atoms with Crippen LogP contribution >= 0.6 is 0 Å². The normalized spacial score (nSPS) is 12.3. The predicted molar refractivity (Wildman–Crippen MR) is 99.9 cm³/mol. The highest BCUT2D eigenvalue weighted by atomic mass is 16.5. The highest BCUT2D eigenvalue weighted by molar-refractivity contribution is 6.06. The van der Waals surface area contributed by atoms with Gasteiger partial charge in [-0.3, -0.25) is 0 Å². The van der Waals surface area contributed by atoms with Crippen molar-refractivity contribution in [3.63, 3.8) is 0 Å². The smallest absolute Gasteiger partial charge is 0.373 e. The summed E-state index contributed by atoms with van der Waals surface area (Å²) in [6.45, 7) is 0.401. The van der Waals surface area contributed by atoms with Crippen LogP contribution in [0.5, 0.6) is 5.75 Å². The fourth-order valence-electron chi connectivity index (χ4n) is 3.08. The number of para-hydroxylation sites is 2. The summed E-state index contributed by atoms with van der Waals surface area (Å²) in [5, 5.41) is 20.4. The van der Waals surface area contributed by atoms with E-state index in [1.807, 2.05) is 59.2 Å². The van der Waals surface area contributed by atoms with Gasteiger partial charge in [-0.1, -0.05) is 36.4 Å². The monoisotopic (exact) mass is 363 g/mol. The Bertz CT molecular complexity index is 1110. The number of carboxylic acids is 1. The van der Waals surface area contributed by atoms with E-state index < -0.39 is 12.1 Å². The number of rotatable bonds is 6. The van der Waals surface area contributed by atoms with Gasteiger partial charge in [-0.15, -0.1) is 0 Å². The second-order valence-electron chi connectivity index (χ2n) is 6.14. The molecule has 0 aliphatic carbocycles. The van der Waals surface area contributed by atoms with E-state index >= 15 is 0 Å². The third-order valence-electron chi connectivity index (χ3n) is 4.28. The van der Waals surface area contributed by atoms with Crippen LogP contribution in [0.3, 0.4) is 0 Å². The number of benzene rings is 2. The van der Waals surface area contributed by atoms with Crippen molar-refractivity contribution in [3.05, 3.63) is 66.6 Å².